The number of aryl methyl sites for hydroxylation is 2. The molecule has 2 heterocycles. The molecule has 0 saturated heterocycles. The van der Waals surface area contributed by atoms with Gasteiger partial charge in [0.25, 0.3) is 0 Å². The summed E-state index contributed by atoms with van der Waals surface area (Å²) in [7, 11) is 0. The highest BCUT2D eigenvalue weighted by molar-refractivity contribution is 7.17. The Morgan fingerprint density at radius 3 is 2.25 bits per heavy atom. The molecule has 0 aliphatic carbocycles. The largest absolute Gasteiger partial charge is 0.490 e. The van der Waals surface area contributed by atoms with Crippen LogP contribution in [0.15, 0.2) is 71.3 Å². The Balaban J connectivity index is 1.17. The number of nitrogens with one attached hydrogen (secondary N) is 1. The third kappa shape index (κ3) is 16.1. The number of carboxylic acid groups (broad SMARTS) is 1. The van der Waals surface area contributed by atoms with Gasteiger partial charge in [-0.2, -0.15) is 0 Å². The summed E-state index contributed by atoms with van der Waals surface area (Å²) in [5.41, 5.74) is 13.1. The molecule has 4 aromatic rings. The lowest BCUT2D eigenvalue weighted by Crippen LogP contribution is -2.30. The average Bonchev–Trinajstić information content (AvgIpc) is 3.69. The van der Waals surface area contributed by atoms with E-state index >= 15 is 0 Å². The van der Waals surface area contributed by atoms with Crippen molar-refractivity contribution in [2.75, 3.05) is 72.6 Å². The summed E-state index contributed by atoms with van der Waals surface area (Å²) in [6.45, 7) is 5.99. The third-order valence-corrected chi connectivity index (χ3v) is 9.64. The fourth-order valence-electron chi connectivity index (χ4n) is 5.94. The zero-order valence-electron chi connectivity index (χ0n) is 31.9. The van der Waals surface area contributed by atoms with E-state index in [2.05, 4.69) is 20.3 Å². The highest BCUT2D eigenvalue weighted by Crippen LogP contribution is 2.38. The maximum Gasteiger partial charge on any atom is 0.303 e. The van der Waals surface area contributed by atoms with E-state index in [4.69, 9.17) is 29.2 Å². The lowest BCUT2D eigenvalue weighted by Gasteiger charge is -2.16. The minimum Gasteiger partial charge on any atom is -0.490 e. The number of aliphatic carboxylic acids is 1. The summed E-state index contributed by atoms with van der Waals surface area (Å²) >= 11 is 1.59. The number of hydrogen-bond donors (Lipinski definition) is 2. The van der Waals surface area contributed by atoms with Crippen LogP contribution in [0, 0.1) is 6.92 Å². The molecule has 1 atom stereocenters. The molecular formula is C41H51N5O9S. The maximum atomic E-state index is 12.9. The second-order valence-electron chi connectivity index (χ2n) is 13.0. The monoisotopic (exact) mass is 789 g/mol. The number of unbranched alkanes of at least 4 members (excludes halogenated alkanes) is 1. The van der Waals surface area contributed by atoms with Gasteiger partial charge in [0.15, 0.2) is 5.78 Å². The number of aromatic nitrogens is 1. The predicted octanol–water partition coefficient (Wildman–Crippen LogP) is 7.07. The van der Waals surface area contributed by atoms with E-state index in [-0.39, 0.29) is 31.1 Å². The van der Waals surface area contributed by atoms with Gasteiger partial charge in [-0.25, -0.2) is 0 Å². The van der Waals surface area contributed by atoms with Crippen LogP contribution in [0.25, 0.3) is 31.7 Å². The molecule has 2 N–H and O–H groups in total. The van der Waals surface area contributed by atoms with Crippen molar-refractivity contribution in [1.29, 1.82) is 0 Å². The number of Topliss-reactive ketones (excluding diaryl/α,β-unsaturated/α-hetero) is 1. The number of thiophene rings is 1. The van der Waals surface area contributed by atoms with Crippen LogP contribution in [0.1, 0.15) is 54.8 Å². The molecule has 15 heteroatoms. The lowest BCUT2D eigenvalue weighted by atomic mass is 9.89. The number of amides is 1. The summed E-state index contributed by atoms with van der Waals surface area (Å²) in [6.07, 6.45) is 4.21. The van der Waals surface area contributed by atoms with Crippen molar-refractivity contribution < 1.29 is 43.2 Å². The number of rotatable bonds is 29. The van der Waals surface area contributed by atoms with E-state index < -0.39 is 11.9 Å². The van der Waals surface area contributed by atoms with Crippen molar-refractivity contribution in [2.24, 2.45) is 5.11 Å². The Kier molecular flexibility index (Phi) is 19.8. The van der Waals surface area contributed by atoms with Gasteiger partial charge in [0.2, 0.25) is 5.91 Å². The minimum absolute atomic E-state index is 0.0115. The molecule has 0 radical (unpaired) electrons. The summed E-state index contributed by atoms with van der Waals surface area (Å²) in [6, 6.07) is 17.6. The van der Waals surface area contributed by atoms with Crippen molar-refractivity contribution in [3.63, 3.8) is 0 Å². The quantitative estimate of drug-likeness (QED) is 0.0249. The number of benzene rings is 2. The molecule has 0 spiro atoms. The molecule has 1 amide bonds. The molecule has 2 aromatic heterocycles. The Morgan fingerprint density at radius 1 is 0.875 bits per heavy atom. The first-order valence-corrected chi connectivity index (χ1v) is 19.7. The molecule has 0 saturated carbocycles. The van der Waals surface area contributed by atoms with Crippen LogP contribution in [-0.2, 0) is 39.8 Å². The van der Waals surface area contributed by atoms with Gasteiger partial charge in [-0.1, -0.05) is 29.4 Å². The zero-order chi connectivity index (χ0) is 39.8. The van der Waals surface area contributed by atoms with Crippen LogP contribution in [0.4, 0.5) is 0 Å². The number of carbonyl (C=O) groups excluding carboxylic acids is 2. The number of carboxylic acids is 1. The maximum absolute atomic E-state index is 12.9. The number of carbonyl (C=O) groups is 3. The van der Waals surface area contributed by atoms with Crippen LogP contribution in [0.5, 0.6) is 5.75 Å². The summed E-state index contributed by atoms with van der Waals surface area (Å²) < 4.78 is 28.9. The third-order valence-electron chi connectivity index (χ3n) is 8.71. The highest BCUT2D eigenvalue weighted by Gasteiger charge is 2.20. The van der Waals surface area contributed by atoms with Gasteiger partial charge >= 0.3 is 5.97 Å². The summed E-state index contributed by atoms with van der Waals surface area (Å²) in [5.74, 6) is -1.16. The van der Waals surface area contributed by atoms with Crippen LogP contribution in [0.2, 0.25) is 0 Å². The molecule has 4 rings (SSSR count). The predicted molar refractivity (Wildman–Crippen MR) is 214 cm³/mol. The molecule has 0 unspecified atom stereocenters. The Morgan fingerprint density at radius 2 is 1.57 bits per heavy atom. The van der Waals surface area contributed by atoms with E-state index in [1.165, 1.54) is 0 Å². The van der Waals surface area contributed by atoms with Gasteiger partial charge in [0, 0.05) is 47.5 Å². The first-order chi connectivity index (χ1) is 27.3. The number of fused-ring (bicyclic) bond motifs is 1. The van der Waals surface area contributed by atoms with Gasteiger partial charge in [-0.3, -0.25) is 19.4 Å². The van der Waals surface area contributed by atoms with Gasteiger partial charge in [0.1, 0.15) is 12.4 Å². The molecule has 300 valence electrons. The Bertz CT molecular complexity index is 1860. The minimum atomic E-state index is -0.991. The second-order valence-corrected chi connectivity index (χ2v) is 13.9. The zero-order valence-corrected chi connectivity index (χ0v) is 32.7. The number of nitrogens with zero attached hydrogens (tertiary/aromatic N) is 4. The molecule has 0 aliphatic rings. The molecule has 0 fully saturated rings. The van der Waals surface area contributed by atoms with E-state index in [9.17, 15) is 19.5 Å². The second kappa shape index (κ2) is 25.3. The van der Waals surface area contributed by atoms with Crippen molar-refractivity contribution in [1.82, 2.24) is 10.3 Å². The number of pyridine rings is 1. The first kappa shape index (κ1) is 43.8. The van der Waals surface area contributed by atoms with E-state index in [1.54, 1.807) is 17.5 Å². The summed E-state index contributed by atoms with van der Waals surface area (Å²) in [5, 5.41) is 18.8. The van der Waals surface area contributed by atoms with E-state index in [0.717, 1.165) is 56.6 Å². The van der Waals surface area contributed by atoms with E-state index in [0.29, 0.717) is 78.8 Å². The number of hydrogen-bond acceptors (Lipinski definition) is 11. The lowest BCUT2D eigenvalue weighted by molar-refractivity contribution is -0.137. The Labute approximate surface area is 331 Å². The van der Waals surface area contributed by atoms with Gasteiger partial charge in [-0.05, 0) is 89.7 Å². The number of azide groups is 1. The first-order valence-electron chi connectivity index (χ1n) is 18.8. The molecular weight excluding hydrogens is 739 g/mol. The fraction of sp³-hybridized carbons (Fsp3) is 0.463. The SMILES string of the molecule is Cc1ccnc(CCCCC(=O)NCC(=O)C[C@@H](CC(=O)O)c2ccc(-c3ccc(OCCOCCOCCOCCOCCN=[N+]=[N-])c4sccc34)cc2)c1. The smallest absolute Gasteiger partial charge is 0.303 e. The molecule has 0 aliphatic heterocycles. The average molecular weight is 790 g/mol. The molecule has 0 bridgehead atoms. The molecule has 2 aromatic carbocycles. The van der Waals surface area contributed by atoms with Gasteiger partial charge in [-0.15, -0.1) is 11.3 Å². The van der Waals surface area contributed by atoms with Gasteiger partial charge < -0.3 is 34.1 Å². The Hall–Kier alpha value is -4.89. The van der Waals surface area contributed by atoms with Crippen LogP contribution in [0.3, 0.4) is 0 Å². The van der Waals surface area contributed by atoms with Crippen LogP contribution >= 0.6 is 11.3 Å². The standard InChI is InChI=1S/C41H51N5O9S/c1-30-12-14-43-34(26-30)4-2-3-5-39(48)44-29-35(47)27-33(28-40(49)50)31-6-8-32(9-7-31)36-10-11-38(41-37(36)13-25-56-41)55-24-23-54-22-21-53-20-19-52-18-17-51-16-15-45-46-42/h6-14,25-26,33H,2-5,15-24,27-29H2,1H3,(H,44,48)(H,49,50)/t33-/m0/s1. The van der Waals surface area contributed by atoms with Crippen molar-refractivity contribution >= 4 is 39.1 Å². The molecule has 14 nitrogen and oxygen atoms in total. The number of ketones is 1. The number of ether oxygens (including phenoxy) is 5. The van der Waals surface area contributed by atoms with Crippen molar-refractivity contribution in [2.45, 2.75) is 51.4 Å². The van der Waals surface area contributed by atoms with Crippen molar-refractivity contribution in [3.05, 3.63) is 93.4 Å². The highest BCUT2D eigenvalue weighted by atomic mass is 32.1. The van der Waals surface area contributed by atoms with Gasteiger partial charge in [0.05, 0.1) is 70.5 Å². The van der Waals surface area contributed by atoms with Crippen LogP contribution in [-0.4, -0.2) is 100 Å². The topological polar surface area (TPSA) is 191 Å². The normalized spacial score (nSPS) is 11.6. The fourth-order valence-corrected chi connectivity index (χ4v) is 6.83. The van der Waals surface area contributed by atoms with E-state index in [1.807, 2.05) is 66.9 Å². The molecule has 56 heavy (non-hydrogen) atoms. The van der Waals surface area contributed by atoms with Crippen molar-refractivity contribution in [3.8, 4) is 16.9 Å². The summed E-state index contributed by atoms with van der Waals surface area (Å²) in [4.78, 5) is 44.0. The van der Waals surface area contributed by atoms with Crippen LogP contribution < -0.4 is 10.1 Å².